The molecular weight excluding hydrogens is 406 g/mol. The van der Waals surface area contributed by atoms with Crippen molar-refractivity contribution in [3.63, 3.8) is 0 Å². The summed E-state index contributed by atoms with van der Waals surface area (Å²) in [5, 5.41) is 5.21. The van der Waals surface area contributed by atoms with E-state index in [1.54, 1.807) is 24.6 Å². The van der Waals surface area contributed by atoms with E-state index >= 15 is 0 Å². The Balaban J connectivity index is 1.58. The van der Waals surface area contributed by atoms with Gasteiger partial charge >= 0.3 is 0 Å². The zero-order valence-electron chi connectivity index (χ0n) is 19.2. The zero-order valence-corrected chi connectivity index (χ0v) is 19.2. The molecule has 4 rings (SSSR count). The highest BCUT2D eigenvalue weighted by molar-refractivity contribution is 6.06. The summed E-state index contributed by atoms with van der Waals surface area (Å²) in [6, 6.07) is 5.53. The number of carbonyl (C=O) groups is 2. The number of carbonyl (C=O) groups excluding carboxylic acids is 2. The van der Waals surface area contributed by atoms with E-state index in [1.165, 1.54) is 0 Å². The molecule has 0 aromatic carbocycles. The molecule has 1 aliphatic heterocycles. The van der Waals surface area contributed by atoms with Gasteiger partial charge in [-0.3, -0.25) is 9.59 Å². The Hall–Kier alpha value is -3.16. The van der Waals surface area contributed by atoms with Crippen LogP contribution in [0, 0.1) is 5.92 Å². The monoisotopic (exact) mass is 437 g/mol. The van der Waals surface area contributed by atoms with E-state index in [0.29, 0.717) is 61.2 Å². The smallest absolute Gasteiger partial charge is 0.254 e. The van der Waals surface area contributed by atoms with Crippen LogP contribution in [0.1, 0.15) is 56.9 Å². The van der Waals surface area contributed by atoms with Crippen molar-refractivity contribution in [3.8, 4) is 11.5 Å². The fraction of sp³-hybridized carbons (Fsp3) is 0.500. The highest BCUT2D eigenvalue weighted by atomic mass is 16.3. The number of amides is 2. The number of aromatic nitrogens is 3. The summed E-state index contributed by atoms with van der Waals surface area (Å²) in [5.41, 5.74) is 1.84. The Labute approximate surface area is 188 Å². The van der Waals surface area contributed by atoms with Gasteiger partial charge in [0.25, 0.3) is 5.91 Å². The molecule has 0 saturated carbocycles. The van der Waals surface area contributed by atoms with Gasteiger partial charge in [-0.15, -0.1) is 0 Å². The van der Waals surface area contributed by atoms with Gasteiger partial charge in [-0.25, -0.2) is 9.67 Å². The van der Waals surface area contributed by atoms with Gasteiger partial charge in [0.05, 0.1) is 23.4 Å². The normalized spacial score (nSPS) is 14.7. The van der Waals surface area contributed by atoms with Crippen LogP contribution in [0.15, 0.2) is 35.1 Å². The molecule has 0 spiro atoms. The average molecular weight is 438 g/mol. The van der Waals surface area contributed by atoms with Crippen LogP contribution in [0.4, 0.5) is 0 Å². The molecule has 2 amide bonds. The van der Waals surface area contributed by atoms with Gasteiger partial charge in [0.15, 0.2) is 11.4 Å². The number of fused-ring (bicyclic) bond motifs is 1. The van der Waals surface area contributed by atoms with Gasteiger partial charge in [-0.2, -0.15) is 5.10 Å². The van der Waals surface area contributed by atoms with Gasteiger partial charge in [-0.05, 0) is 44.4 Å². The lowest BCUT2D eigenvalue weighted by molar-refractivity contribution is -0.132. The van der Waals surface area contributed by atoms with Gasteiger partial charge in [-0.1, -0.05) is 13.8 Å². The number of nitrogens with zero attached hydrogens (tertiary/aromatic N) is 5. The molecular formula is C24H31N5O3. The van der Waals surface area contributed by atoms with Gasteiger partial charge < -0.3 is 14.2 Å². The Morgan fingerprint density at radius 2 is 1.81 bits per heavy atom. The Bertz CT molecular complexity index is 1090. The number of pyridine rings is 1. The van der Waals surface area contributed by atoms with Gasteiger partial charge in [0.2, 0.25) is 5.91 Å². The predicted molar refractivity (Wildman–Crippen MR) is 122 cm³/mol. The highest BCUT2D eigenvalue weighted by Gasteiger charge is 2.27. The van der Waals surface area contributed by atoms with Crippen molar-refractivity contribution in [2.75, 3.05) is 26.2 Å². The lowest BCUT2D eigenvalue weighted by Crippen LogP contribution is -2.50. The van der Waals surface area contributed by atoms with Gasteiger partial charge in [0, 0.05) is 38.6 Å². The molecule has 0 unspecified atom stereocenters. The Morgan fingerprint density at radius 1 is 1.09 bits per heavy atom. The van der Waals surface area contributed by atoms with Gasteiger partial charge in [0.1, 0.15) is 5.69 Å². The molecule has 1 fully saturated rings. The first-order valence-electron chi connectivity index (χ1n) is 11.3. The summed E-state index contributed by atoms with van der Waals surface area (Å²) in [6.45, 7) is 10.5. The molecule has 8 nitrogen and oxygen atoms in total. The molecule has 4 heterocycles. The first kappa shape index (κ1) is 22.0. The number of piperazine rings is 1. The minimum absolute atomic E-state index is 0.0669. The summed E-state index contributed by atoms with van der Waals surface area (Å²) >= 11 is 0. The van der Waals surface area contributed by atoms with E-state index < -0.39 is 0 Å². The molecule has 32 heavy (non-hydrogen) atoms. The maximum Gasteiger partial charge on any atom is 0.254 e. The van der Waals surface area contributed by atoms with Crippen LogP contribution >= 0.6 is 0 Å². The van der Waals surface area contributed by atoms with Crippen molar-refractivity contribution < 1.29 is 14.0 Å². The highest BCUT2D eigenvalue weighted by Crippen LogP contribution is 2.28. The molecule has 0 bridgehead atoms. The molecule has 8 heteroatoms. The lowest BCUT2D eigenvalue weighted by atomic mass is 10.1. The quantitative estimate of drug-likeness (QED) is 0.582. The number of hydrogen-bond acceptors (Lipinski definition) is 5. The molecule has 0 radical (unpaired) electrons. The molecule has 0 N–H and O–H groups in total. The first-order chi connectivity index (χ1) is 15.3. The zero-order chi connectivity index (χ0) is 22.8. The SMILES string of the molecule is CC(C)CCC(=O)N1CCN(C(=O)c2cc(-c3ccco3)nc3c2cnn3C(C)C)CC1. The second-order valence-corrected chi connectivity index (χ2v) is 9.06. The third kappa shape index (κ3) is 4.40. The third-order valence-electron chi connectivity index (χ3n) is 5.92. The van der Waals surface area contributed by atoms with Crippen LogP contribution in [-0.4, -0.2) is 62.6 Å². The average Bonchev–Trinajstić information content (AvgIpc) is 3.46. The first-order valence-corrected chi connectivity index (χ1v) is 11.3. The van der Waals surface area contributed by atoms with Crippen molar-refractivity contribution in [2.24, 2.45) is 5.92 Å². The third-order valence-corrected chi connectivity index (χ3v) is 5.92. The minimum atomic E-state index is -0.0669. The van der Waals surface area contributed by atoms with Crippen molar-refractivity contribution in [1.82, 2.24) is 24.6 Å². The van der Waals surface area contributed by atoms with Crippen molar-refractivity contribution >= 4 is 22.8 Å². The molecule has 3 aromatic heterocycles. The standard InChI is InChI=1S/C24H31N5O3/c1-16(2)7-8-22(30)27-9-11-28(12-10-27)24(31)18-14-20(21-6-5-13-32-21)26-23-19(18)15-25-29(23)17(3)4/h5-6,13-17H,7-12H2,1-4H3. The van der Waals surface area contributed by atoms with Crippen LogP contribution < -0.4 is 0 Å². The molecule has 3 aromatic rings. The van der Waals surface area contributed by atoms with Crippen LogP contribution in [0.5, 0.6) is 0 Å². The number of rotatable bonds is 6. The maximum absolute atomic E-state index is 13.5. The van der Waals surface area contributed by atoms with Crippen LogP contribution in [0.25, 0.3) is 22.5 Å². The minimum Gasteiger partial charge on any atom is -0.463 e. The van der Waals surface area contributed by atoms with E-state index in [-0.39, 0.29) is 17.9 Å². The molecule has 170 valence electrons. The van der Waals surface area contributed by atoms with E-state index in [2.05, 4.69) is 18.9 Å². The maximum atomic E-state index is 13.5. The summed E-state index contributed by atoms with van der Waals surface area (Å²) in [7, 11) is 0. The lowest BCUT2D eigenvalue weighted by Gasteiger charge is -2.35. The molecule has 0 aliphatic carbocycles. The fourth-order valence-electron chi connectivity index (χ4n) is 4.02. The molecule has 0 atom stereocenters. The van der Waals surface area contributed by atoms with Crippen LogP contribution in [0.2, 0.25) is 0 Å². The number of hydrogen-bond donors (Lipinski definition) is 0. The Morgan fingerprint density at radius 3 is 2.44 bits per heavy atom. The van der Waals surface area contributed by atoms with Crippen molar-refractivity contribution in [1.29, 1.82) is 0 Å². The summed E-state index contributed by atoms with van der Waals surface area (Å²) < 4.78 is 7.37. The molecule has 1 saturated heterocycles. The summed E-state index contributed by atoms with van der Waals surface area (Å²) in [4.78, 5) is 34.4. The second kappa shape index (κ2) is 9.14. The fourth-order valence-corrected chi connectivity index (χ4v) is 4.02. The van der Waals surface area contributed by atoms with E-state index in [0.717, 1.165) is 11.8 Å². The summed E-state index contributed by atoms with van der Waals surface area (Å²) in [6.07, 6.45) is 4.77. The van der Waals surface area contributed by atoms with E-state index in [9.17, 15) is 9.59 Å². The largest absolute Gasteiger partial charge is 0.463 e. The van der Waals surface area contributed by atoms with Crippen molar-refractivity contribution in [2.45, 2.75) is 46.6 Å². The Kier molecular flexibility index (Phi) is 6.30. The van der Waals surface area contributed by atoms with Crippen molar-refractivity contribution in [3.05, 3.63) is 36.2 Å². The van der Waals surface area contributed by atoms with Crippen LogP contribution in [-0.2, 0) is 4.79 Å². The second-order valence-electron chi connectivity index (χ2n) is 9.06. The topological polar surface area (TPSA) is 84.5 Å². The predicted octanol–water partition coefficient (Wildman–Crippen LogP) is 3.99. The van der Waals surface area contributed by atoms with E-state index in [4.69, 9.17) is 9.40 Å². The van der Waals surface area contributed by atoms with E-state index in [1.807, 2.05) is 34.4 Å². The molecule has 1 aliphatic rings. The summed E-state index contributed by atoms with van der Waals surface area (Å²) in [5.74, 6) is 1.22. The van der Waals surface area contributed by atoms with Crippen LogP contribution in [0.3, 0.4) is 0 Å². The number of furan rings is 1.